The molecular formula is C16H18FN3O3. The zero-order chi connectivity index (χ0) is 17.0. The van der Waals surface area contributed by atoms with Crippen molar-refractivity contribution in [3.8, 4) is 5.88 Å². The van der Waals surface area contributed by atoms with Crippen molar-refractivity contribution in [2.24, 2.45) is 0 Å². The summed E-state index contributed by atoms with van der Waals surface area (Å²) in [6.07, 6.45) is 1.61. The summed E-state index contributed by atoms with van der Waals surface area (Å²) in [6.45, 7) is 6.08. The summed E-state index contributed by atoms with van der Waals surface area (Å²) in [5, 5.41) is 13.9. The Kier molecular flexibility index (Phi) is 4.78. The number of rotatable bonds is 5. The number of benzene rings is 1. The summed E-state index contributed by atoms with van der Waals surface area (Å²) in [6, 6.07) is 6.95. The second kappa shape index (κ2) is 6.60. The second-order valence-corrected chi connectivity index (χ2v) is 5.99. The maximum atomic E-state index is 13.1. The maximum absolute atomic E-state index is 13.1. The molecule has 1 heterocycles. The predicted octanol–water partition coefficient (Wildman–Crippen LogP) is 3.92. The van der Waals surface area contributed by atoms with E-state index in [0.717, 1.165) is 11.6 Å². The third-order valence-electron chi connectivity index (χ3n) is 2.85. The zero-order valence-electron chi connectivity index (χ0n) is 13.2. The maximum Gasteiger partial charge on any atom is 0.295 e. The summed E-state index contributed by atoms with van der Waals surface area (Å²) < 4.78 is 18.8. The van der Waals surface area contributed by atoms with Crippen molar-refractivity contribution >= 4 is 11.4 Å². The molecule has 0 aliphatic carbocycles. The number of aromatic nitrogens is 1. The minimum absolute atomic E-state index is 0.256. The Morgan fingerprint density at radius 2 is 2.04 bits per heavy atom. The number of nitro groups is 1. The van der Waals surface area contributed by atoms with Crippen LogP contribution in [0.4, 0.5) is 15.8 Å². The highest BCUT2D eigenvalue weighted by atomic mass is 19.1. The molecule has 2 rings (SSSR count). The molecule has 0 fully saturated rings. The minimum atomic E-state index is -0.646. The van der Waals surface area contributed by atoms with Gasteiger partial charge in [0.2, 0.25) is 5.88 Å². The van der Waals surface area contributed by atoms with E-state index in [-0.39, 0.29) is 17.0 Å². The smallest absolute Gasteiger partial charge is 0.295 e. The molecule has 1 N–H and O–H groups in total. The normalized spacial score (nSPS) is 11.1. The molecule has 0 unspecified atom stereocenters. The lowest BCUT2D eigenvalue weighted by Crippen LogP contribution is -2.23. The molecule has 0 aliphatic rings. The highest BCUT2D eigenvalue weighted by Crippen LogP contribution is 2.26. The number of nitro benzene ring substituents is 1. The average Bonchev–Trinajstić information content (AvgIpc) is 2.44. The van der Waals surface area contributed by atoms with Crippen molar-refractivity contribution in [1.29, 1.82) is 0 Å². The molecule has 0 saturated carbocycles. The first-order chi connectivity index (χ1) is 10.7. The van der Waals surface area contributed by atoms with Crippen LogP contribution in [0.15, 0.2) is 36.5 Å². The number of anilines is 1. The lowest BCUT2D eigenvalue weighted by Gasteiger charge is -2.20. The molecule has 0 bridgehead atoms. The van der Waals surface area contributed by atoms with Crippen LogP contribution >= 0.6 is 0 Å². The van der Waals surface area contributed by atoms with Crippen LogP contribution in [0.25, 0.3) is 0 Å². The van der Waals surface area contributed by atoms with E-state index < -0.39 is 10.7 Å². The van der Waals surface area contributed by atoms with E-state index in [4.69, 9.17) is 4.74 Å². The summed E-state index contributed by atoms with van der Waals surface area (Å²) in [7, 11) is 0. The average molecular weight is 319 g/mol. The van der Waals surface area contributed by atoms with Gasteiger partial charge in [0.25, 0.3) is 5.69 Å². The van der Waals surface area contributed by atoms with Gasteiger partial charge in [0.15, 0.2) is 0 Å². The van der Waals surface area contributed by atoms with Crippen LogP contribution in [0.3, 0.4) is 0 Å². The number of hydrogen-bond donors (Lipinski definition) is 1. The topological polar surface area (TPSA) is 77.3 Å². The van der Waals surface area contributed by atoms with Crippen LogP contribution in [0, 0.1) is 15.9 Å². The number of pyridine rings is 1. The molecular weight excluding hydrogens is 301 g/mol. The molecule has 7 heteroatoms. The Balaban J connectivity index is 2.13. The van der Waals surface area contributed by atoms with Gasteiger partial charge in [0.05, 0.1) is 11.0 Å². The van der Waals surface area contributed by atoms with Gasteiger partial charge in [-0.3, -0.25) is 10.1 Å². The van der Waals surface area contributed by atoms with Crippen molar-refractivity contribution in [3.63, 3.8) is 0 Å². The third kappa shape index (κ3) is 4.91. The van der Waals surface area contributed by atoms with Crippen molar-refractivity contribution in [3.05, 3.63) is 58.0 Å². The molecule has 6 nitrogen and oxygen atoms in total. The van der Waals surface area contributed by atoms with E-state index in [1.165, 1.54) is 12.1 Å². The van der Waals surface area contributed by atoms with Crippen molar-refractivity contribution in [1.82, 2.24) is 4.98 Å². The quantitative estimate of drug-likeness (QED) is 0.667. The van der Waals surface area contributed by atoms with Gasteiger partial charge in [0, 0.05) is 18.8 Å². The second-order valence-electron chi connectivity index (χ2n) is 5.99. The zero-order valence-corrected chi connectivity index (χ0v) is 13.2. The van der Waals surface area contributed by atoms with Crippen LogP contribution < -0.4 is 10.1 Å². The number of nitrogens with one attached hydrogen (secondary N) is 1. The van der Waals surface area contributed by atoms with E-state index in [1.54, 1.807) is 18.3 Å². The lowest BCUT2D eigenvalue weighted by molar-refractivity contribution is -0.384. The summed E-state index contributed by atoms with van der Waals surface area (Å²) in [4.78, 5) is 14.5. The van der Waals surface area contributed by atoms with E-state index in [0.29, 0.717) is 12.4 Å². The van der Waals surface area contributed by atoms with Crippen molar-refractivity contribution in [2.75, 3.05) is 5.32 Å². The van der Waals surface area contributed by atoms with Crippen molar-refractivity contribution < 1.29 is 14.1 Å². The standard InChI is InChI=1S/C16H18FN3O3/c1-16(2,3)23-15-8-11(6-7-18-15)10-19-13-5-4-12(17)9-14(13)20(21)22/h4-9,19H,10H2,1-3H3. The summed E-state index contributed by atoms with van der Waals surface area (Å²) >= 11 is 0. The van der Waals surface area contributed by atoms with Crippen LogP contribution in [-0.4, -0.2) is 15.5 Å². The molecule has 0 atom stereocenters. The molecule has 122 valence electrons. The fourth-order valence-electron chi connectivity index (χ4n) is 1.93. The Hall–Kier alpha value is -2.70. The van der Waals surface area contributed by atoms with Crippen LogP contribution in [0.5, 0.6) is 5.88 Å². The highest BCUT2D eigenvalue weighted by Gasteiger charge is 2.15. The van der Waals surface area contributed by atoms with Crippen LogP contribution in [0.2, 0.25) is 0 Å². The molecule has 0 saturated heterocycles. The van der Waals surface area contributed by atoms with Crippen LogP contribution in [0.1, 0.15) is 26.3 Å². The van der Waals surface area contributed by atoms with Crippen LogP contribution in [-0.2, 0) is 6.54 Å². The molecule has 0 aliphatic heterocycles. The summed E-state index contributed by atoms with van der Waals surface area (Å²) in [5.41, 5.74) is 0.434. The molecule has 0 radical (unpaired) electrons. The van der Waals surface area contributed by atoms with Gasteiger partial charge in [-0.25, -0.2) is 9.37 Å². The Morgan fingerprint density at radius 1 is 1.30 bits per heavy atom. The van der Waals surface area contributed by atoms with Gasteiger partial charge in [0.1, 0.15) is 17.1 Å². The molecule has 0 spiro atoms. The van der Waals surface area contributed by atoms with Gasteiger partial charge in [-0.1, -0.05) is 0 Å². The third-order valence-corrected chi connectivity index (χ3v) is 2.85. The van der Waals surface area contributed by atoms with Gasteiger partial charge < -0.3 is 10.1 Å². The van der Waals surface area contributed by atoms with Gasteiger partial charge >= 0.3 is 0 Å². The molecule has 23 heavy (non-hydrogen) atoms. The first-order valence-electron chi connectivity index (χ1n) is 7.06. The summed E-state index contributed by atoms with van der Waals surface area (Å²) in [5.74, 6) is -0.169. The van der Waals surface area contributed by atoms with Gasteiger partial charge in [-0.05, 0) is 44.5 Å². The Labute approximate surface area is 133 Å². The predicted molar refractivity (Wildman–Crippen MR) is 85.0 cm³/mol. The fourth-order valence-corrected chi connectivity index (χ4v) is 1.93. The van der Waals surface area contributed by atoms with E-state index in [1.807, 2.05) is 20.8 Å². The van der Waals surface area contributed by atoms with Crippen molar-refractivity contribution in [2.45, 2.75) is 32.9 Å². The Bertz CT molecular complexity index is 714. The Morgan fingerprint density at radius 3 is 2.70 bits per heavy atom. The SMILES string of the molecule is CC(C)(C)Oc1cc(CNc2ccc(F)cc2[N+](=O)[O-])ccn1. The van der Waals surface area contributed by atoms with Gasteiger partial charge in [-0.15, -0.1) is 0 Å². The minimum Gasteiger partial charge on any atom is -0.472 e. The number of halogens is 1. The highest BCUT2D eigenvalue weighted by molar-refractivity contribution is 5.61. The molecule has 1 aromatic heterocycles. The molecule has 2 aromatic rings. The number of nitrogens with zero attached hydrogens (tertiary/aromatic N) is 2. The van der Waals surface area contributed by atoms with E-state index >= 15 is 0 Å². The number of hydrogen-bond acceptors (Lipinski definition) is 5. The van der Waals surface area contributed by atoms with E-state index in [2.05, 4.69) is 10.3 Å². The first-order valence-corrected chi connectivity index (χ1v) is 7.06. The van der Waals surface area contributed by atoms with Gasteiger partial charge in [-0.2, -0.15) is 0 Å². The molecule has 0 amide bonds. The first kappa shape index (κ1) is 16.7. The van der Waals surface area contributed by atoms with E-state index in [9.17, 15) is 14.5 Å². The molecule has 1 aromatic carbocycles. The lowest BCUT2D eigenvalue weighted by atomic mass is 10.2. The monoisotopic (exact) mass is 319 g/mol. The number of ether oxygens (including phenoxy) is 1. The fraction of sp³-hybridized carbons (Fsp3) is 0.312. The largest absolute Gasteiger partial charge is 0.472 e.